The molecule has 0 radical (unpaired) electrons. The van der Waals surface area contributed by atoms with Crippen molar-refractivity contribution < 1.29 is 27.9 Å². The molecular weight excluding hydrogens is 405 g/mol. The van der Waals surface area contributed by atoms with Gasteiger partial charge in [0.25, 0.3) is 5.91 Å². The number of aromatic nitrogens is 1. The molecule has 5 nitrogen and oxygen atoms in total. The van der Waals surface area contributed by atoms with E-state index in [9.17, 15) is 27.9 Å². The molecule has 1 N–H and O–H groups in total. The molecule has 1 heterocycles. The van der Waals surface area contributed by atoms with Crippen LogP contribution in [-0.2, 0) is 11.0 Å². The molecule has 150 valence electrons. The van der Waals surface area contributed by atoms with Crippen LogP contribution in [0.3, 0.4) is 0 Å². The molecular formula is C20H14F3N2O3S-. The Hall–Kier alpha value is -3.07. The topological polar surface area (TPSA) is 82.1 Å². The molecule has 1 amide bonds. The second-order valence-electron chi connectivity index (χ2n) is 6.10. The first kappa shape index (κ1) is 20.7. The molecule has 9 heteroatoms. The number of benzene rings is 2. The summed E-state index contributed by atoms with van der Waals surface area (Å²) in [6.07, 6.45) is -4.63. The highest BCUT2D eigenvalue weighted by molar-refractivity contribution is 8.00. The molecule has 0 saturated heterocycles. The number of thioether (sulfide) groups is 1. The summed E-state index contributed by atoms with van der Waals surface area (Å²) in [5, 5.41) is 13.1. The van der Waals surface area contributed by atoms with Gasteiger partial charge in [-0.1, -0.05) is 42.1 Å². The number of carboxylic acid groups (broad SMARTS) is 1. The fourth-order valence-corrected chi connectivity index (χ4v) is 3.45. The Kier molecular flexibility index (Phi) is 5.78. The van der Waals surface area contributed by atoms with Crippen molar-refractivity contribution in [3.05, 3.63) is 65.7 Å². The molecule has 0 aliphatic rings. The van der Waals surface area contributed by atoms with Crippen LogP contribution in [0.5, 0.6) is 0 Å². The Labute approximate surface area is 168 Å². The van der Waals surface area contributed by atoms with Crippen LogP contribution in [0.2, 0.25) is 0 Å². The number of carboxylic acids is 1. The van der Waals surface area contributed by atoms with E-state index in [1.165, 1.54) is 25.1 Å². The lowest BCUT2D eigenvalue weighted by Crippen LogP contribution is -2.31. The van der Waals surface area contributed by atoms with E-state index < -0.39 is 28.9 Å². The third-order valence-corrected chi connectivity index (χ3v) is 5.04. The summed E-state index contributed by atoms with van der Waals surface area (Å²) in [6.45, 7) is 1.41. The molecule has 0 saturated carbocycles. The summed E-state index contributed by atoms with van der Waals surface area (Å²) in [4.78, 5) is 28.2. The average Bonchev–Trinajstić information content (AvgIpc) is 2.66. The molecule has 0 spiro atoms. The van der Waals surface area contributed by atoms with E-state index in [0.29, 0.717) is 10.9 Å². The van der Waals surface area contributed by atoms with Gasteiger partial charge >= 0.3 is 6.18 Å². The van der Waals surface area contributed by atoms with Gasteiger partial charge < -0.3 is 15.2 Å². The van der Waals surface area contributed by atoms with Gasteiger partial charge in [-0.3, -0.25) is 4.79 Å². The Morgan fingerprint density at radius 1 is 1.10 bits per heavy atom. The highest BCUT2D eigenvalue weighted by Crippen LogP contribution is 2.35. The second kappa shape index (κ2) is 8.12. The molecule has 3 aromatic rings. The van der Waals surface area contributed by atoms with Crippen molar-refractivity contribution in [2.45, 2.75) is 23.4 Å². The first-order valence-corrected chi connectivity index (χ1v) is 9.29. The smallest absolute Gasteiger partial charge is 0.418 e. The maximum atomic E-state index is 13.2. The van der Waals surface area contributed by atoms with Gasteiger partial charge in [0.15, 0.2) is 0 Å². The zero-order valence-corrected chi connectivity index (χ0v) is 15.8. The number of nitrogens with zero attached hydrogens (tertiary/aromatic N) is 1. The van der Waals surface area contributed by atoms with Gasteiger partial charge in [-0.05, 0) is 31.2 Å². The SMILES string of the molecule is C[C@@H](Sc1cc(C(=O)Nc2ccccc2C(F)(F)F)c2ccccc2n1)C(=O)[O-]. The summed E-state index contributed by atoms with van der Waals surface area (Å²) in [5.74, 6) is -2.06. The molecule has 29 heavy (non-hydrogen) atoms. The van der Waals surface area contributed by atoms with E-state index in [1.54, 1.807) is 24.3 Å². The number of alkyl halides is 3. The molecule has 0 bridgehead atoms. The van der Waals surface area contributed by atoms with E-state index in [2.05, 4.69) is 10.3 Å². The zero-order chi connectivity index (χ0) is 21.2. The minimum atomic E-state index is -4.63. The average molecular weight is 419 g/mol. The van der Waals surface area contributed by atoms with E-state index in [-0.39, 0.29) is 16.3 Å². The van der Waals surface area contributed by atoms with Crippen molar-refractivity contribution in [1.82, 2.24) is 4.98 Å². The maximum Gasteiger partial charge on any atom is 0.418 e. The van der Waals surface area contributed by atoms with Crippen molar-refractivity contribution in [1.29, 1.82) is 0 Å². The van der Waals surface area contributed by atoms with Gasteiger partial charge in [-0.25, -0.2) is 4.98 Å². The number of hydrogen-bond acceptors (Lipinski definition) is 5. The largest absolute Gasteiger partial charge is 0.549 e. The zero-order valence-electron chi connectivity index (χ0n) is 15.0. The first-order chi connectivity index (χ1) is 13.7. The van der Waals surface area contributed by atoms with Crippen molar-refractivity contribution >= 4 is 40.2 Å². The van der Waals surface area contributed by atoms with Gasteiger partial charge in [0, 0.05) is 10.6 Å². The van der Waals surface area contributed by atoms with Crippen LogP contribution in [0.15, 0.2) is 59.6 Å². The quantitative estimate of drug-likeness (QED) is 0.637. The normalized spacial score (nSPS) is 12.6. The second-order valence-corrected chi connectivity index (χ2v) is 7.46. The fourth-order valence-electron chi connectivity index (χ4n) is 2.66. The lowest BCUT2D eigenvalue weighted by atomic mass is 10.1. The molecule has 0 unspecified atom stereocenters. The fraction of sp³-hybridized carbons (Fsp3) is 0.150. The van der Waals surface area contributed by atoms with Crippen LogP contribution in [0.25, 0.3) is 10.9 Å². The highest BCUT2D eigenvalue weighted by atomic mass is 32.2. The summed E-state index contributed by atoms with van der Waals surface area (Å²) >= 11 is 0.879. The van der Waals surface area contributed by atoms with Crippen LogP contribution in [0.1, 0.15) is 22.8 Å². The van der Waals surface area contributed by atoms with E-state index in [0.717, 1.165) is 23.9 Å². The van der Waals surface area contributed by atoms with Crippen molar-refractivity contribution in [3.8, 4) is 0 Å². The number of carbonyl (C=O) groups is 2. The first-order valence-electron chi connectivity index (χ1n) is 8.41. The third kappa shape index (κ3) is 4.68. The predicted molar refractivity (Wildman–Crippen MR) is 101 cm³/mol. The number of amides is 1. The molecule has 1 aromatic heterocycles. The van der Waals surface area contributed by atoms with Crippen molar-refractivity contribution in [2.24, 2.45) is 0 Å². The van der Waals surface area contributed by atoms with Gasteiger partial charge in [-0.2, -0.15) is 13.2 Å². The molecule has 3 rings (SSSR count). The summed E-state index contributed by atoms with van der Waals surface area (Å²) in [6, 6.07) is 12.6. The Morgan fingerprint density at radius 2 is 1.76 bits per heavy atom. The lowest BCUT2D eigenvalue weighted by molar-refractivity contribution is -0.304. The number of halogens is 3. The van der Waals surface area contributed by atoms with Gasteiger partial charge in [0.2, 0.25) is 0 Å². The third-order valence-electron chi connectivity index (χ3n) is 4.05. The van der Waals surface area contributed by atoms with Gasteiger partial charge in [0.1, 0.15) is 0 Å². The Balaban J connectivity index is 2.03. The van der Waals surface area contributed by atoms with Crippen LogP contribution < -0.4 is 10.4 Å². The summed E-state index contributed by atoms with van der Waals surface area (Å²) in [5.41, 5.74) is -0.840. The Bertz CT molecular complexity index is 1090. The number of para-hydroxylation sites is 2. The lowest BCUT2D eigenvalue weighted by Gasteiger charge is -2.16. The maximum absolute atomic E-state index is 13.2. The molecule has 0 aliphatic heterocycles. The van der Waals surface area contributed by atoms with Crippen LogP contribution >= 0.6 is 11.8 Å². The van der Waals surface area contributed by atoms with Gasteiger partial charge in [0.05, 0.1) is 33.3 Å². The van der Waals surface area contributed by atoms with Crippen molar-refractivity contribution in [2.75, 3.05) is 5.32 Å². The van der Waals surface area contributed by atoms with E-state index >= 15 is 0 Å². The number of rotatable bonds is 5. The van der Waals surface area contributed by atoms with Crippen LogP contribution in [0.4, 0.5) is 18.9 Å². The van der Waals surface area contributed by atoms with Crippen LogP contribution in [0, 0.1) is 0 Å². The monoisotopic (exact) mass is 419 g/mol. The highest BCUT2D eigenvalue weighted by Gasteiger charge is 2.33. The standard InChI is InChI=1S/C20H15F3N2O3S/c1-11(19(27)28)29-17-10-13(12-6-2-4-8-15(12)24-17)18(26)25-16-9-5-3-7-14(16)20(21,22)23/h2-11H,1H3,(H,25,26)(H,27,28)/p-1/t11-/m1/s1. The summed E-state index contributed by atoms with van der Waals surface area (Å²) < 4.78 is 39.6. The minimum Gasteiger partial charge on any atom is -0.549 e. The number of fused-ring (bicyclic) bond motifs is 1. The number of carbonyl (C=O) groups excluding carboxylic acids is 2. The Morgan fingerprint density at radius 3 is 2.45 bits per heavy atom. The van der Waals surface area contributed by atoms with Crippen molar-refractivity contribution in [3.63, 3.8) is 0 Å². The number of nitrogens with one attached hydrogen (secondary N) is 1. The summed E-state index contributed by atoms with van der Waals surface area (Å²) in [7, 11) is 0. The molecule has 0 fully saturated rings. The number of hydrogen-bond donors (Lipinski definition) is 1. The number of pyridine rings is 1. The minimum absolute atomic E-state index is 0.0839. The number of aliphatic carboxylic acids is 1. The predicted octanol–water partition coefficient (Wildman–Crippen LogP) is 3.74. The van der Waals surface area contributed by atoms with Crippen LogP contribution in [-0.4, -0.2) is 22.1 Å². The molecule has 2 aromatic carbocycles. The molecule has 1 atom stereocenters. The van der Waals surface area contributed by atoms with E-state index in [1.807, 2.05) is 0 Å². The van der Waals surface area contributed by atoms with Gasteiger partial charge in [-0.15, -0.1) is 0 Å². The van der Waals surface area contributed by atoms with E-state index in [4.69, 9.17) is 0 Å². The number of anilines is 1. The molecule has 0 aliphatic carbocycles.